The largest absolute Gasteiger partial charge is 0.482 e. The number of fused-ring (bicyclic) bond motifs is 2. The number of imidazole rings is 1. The van der Waals surface area contributed by atoms with Gasteiger partial charge in [0, 0.05) is 12.7 Å². The first kappa shape index (κ1) is 22.8. The van der Waals surface area contributed by atoms with Crippen LogP contribution in [0.1, 0.15) is 39.4 Å². The van der Waals surface area contributed by atoms with Crippen LogP contribution in [0.15, 0.2) is 42.5 Å². The predicted molar refractivity (Wildman–Crippen MR) is 120 cm³/mol. The lowest BCUT2D eigenvalue weighted by Gasteiger charge is -2.18. The van der Waals surface area contributed by atoms with Gasteiger partial charge < -0.3 is 19.1 Å². The van der Waals surface area contributed by atoms with Gasteiger partial charge in [-0.3, -0.25) is 14.5 Å². The quantitative estimate of drug-likeness (QED) is 0.527. The fourth-order valence-corrected chi connectivity index (χ4v) is 4.23. The number of carboxylic acids is 1. The molecular formula is C23H22ClN3O6. The fourth-order valence-electron chi connectivity index (χ4n) is 4.23. The summed E-state index contributed by atoms with van der Waals surface area (Å²) in [5, 5.41) is 8.89. The van der Waals surface area contributed by atoms with Crippen LogP contribution >= 0.6 is 12.4 Å². The standard InChI is InChI=1S/C23H21N3O6.ClH/c27-21(28)13-32-14-7-8-18-19(10-14)25(11-15-4-3-9-31-15)20(24-18)12-26-22(29)16-5-1-2-6-17(16)23(26)30;/h1-2,5-8,10,15H,3-4,9,11-13H2,(H,27,28);1H/t15-;/m0./s1. The highest BCUT2D eigenvalue weighted by atomic mass is 35.5. The van der Waals surface area contributed by atoms with Crippen molar-refractivity contribution in [1.82, 2.24) is 14.5 Å². The summed E-state index contributed by atoms with van der Waals surface area (Å²) in [6.07, 6.45) is 1.87. The highest BCUT2D eigenvalue weighted by Gasteiger charge is 2.36. The van der Waals surface area contributed by atoms with Crippen LogP contribution in [-0.4, -0.2) is 56.7 Å². The first-order valence-corrected chi connectivity index (χ1v) is 10.4. The molecular weight excluding hydrogens is 450 g/mol. The number of aromatic nitrogens is 2. The molecule has 1 N–H and O–H groups in total. The van der Waals surface area contributed by atoms with Gasteiger partial charge in [-0.2, -0.15) is 0 Å². The molecule has 2 aliphatic heterocycles. The maximum atomic E-state index is 12.9. The number of nitrogens with zero attached hydrogens (tertiary/aromatic N) is 3. The number of benzene rings is 2. The molecule has 172 valence electrons. The first-order valence-electron chi connectivity index (χ1n) is 10.4. The molecule has 3 heterocycles. The zero-order chi connectivity index (χ0) is 22.2. The van der Waals surface area contributed by atoms with Crippen molar-refractivity contribution in [3.63, 3.8) is 0 Å². The molecule has 0 radical (unpaired) electrons. The smallest absolute Gasteiger partial charge is 0.341 e. The molecule has 0 bridgehead atoms. The Kier molecular flexibility index (Phi) is 6.35. The third-order valence-corrected chi connectivity index (χ3v) is 5.75. The molecule has 2 amide bonds. The molecule has 2 aromatic carbocycles. The second-order valence-corrected chi connectivity index (χ2v) is 7.85. The van der Waals surface area contributed by atoms with Crippen molar-refractivity contribution in [2.45, 2.75) is 32.0 Å². The number of carboxylic acid groups (broad SMARTS) is 1. The van der Waals surface area contributed by atoms with Gasteiger partial charge in [-0.25, -0.2) is 9.78 Å². The number of ether oxygens (including phenoxy) is 2. The molecule has 5 rings (SSSR count). The van der Waals surface area contributed by atoms with Crippen molar-refractivity contribution in [3.05, 3.63) is 59.4 Å². The first-order chi connectivity index (χ1) is 15.5. The lowest BCUT2D eigenvalue weighted by atomic mass is 10.1. The SMILES string of the molecule is Cl.O=C(O)COc1ccc2nc(CN3C(=O)c4ccccc4C3=O)n(C[C@@H]3CCCO3)c2c1. The minimum atomic E-state index is -1.07. The van der Waals surface area contributed by atoms with Crippen LogP contribution in [0.3, 0.4) is 0 Å². The van der Waals surface area contributed by atoms with E-state index in [1.807, 2.05) is 4.57 Å². The Bertz CT molecular complexity index is 1200. The molecule has 1 atom stereocenters. The summed E-state index contributed by atoms with van der Waals surface area (Å²) in [5.74, 6) is -0.788. The van der Waals surface area contributed by atoms with Crippen LogP contribution in [-0.2, 0) is 22.6 Å². The van der Waals surface area contributed by atoms with E-state index in [2.05, 4.69) is 4.98 Å². The van der Waals surface area contributed by atoms with Crippen molar-refractivity contribution >= 4 is 41.2 Å². The van der Waals surface area contributed by atoms with Gasteiger partial charge in [-0.1, -0.05) is 12.1 Å². The summed E-state index contributed by atoms with van der Waals surface area (Å²) in [4.78, 5) is 42.4. The molecule has 9 nitrogen and oxygen atoms in total. The number of rotatable bonds is 7. The van der Waals surface area contributed by atoms with Gasteiger partial charge in [0.05, 0.1) is 41.4 Å². The van der Waals surface area contributed by atoms with E-state index in [1.54, 1.807) is 42.5 Å². The van der Waals surface area contributed by atoms with Crippen molar-refractivity contribution in [3.8, 4) is 5.75 Å². The molecule has 1 saturated heterocycles. The van der Waals surface area contributed by atoms with Gasteiger partial charge in [-0.05, 0) is 37.1 Å². The lowest BCUT2D eigenvalue weighted by molar-refractivity contribution is -0.139. The number of hydrogen-bond acceptors (Lipinski definition) is 6. The molecule has 10 heteroatoms. The minimum Gasteiger partial charge on any atom is -0.482 e. The van der Waals surface area contributed by atoms with Gasteiger partial charge in [-0.15, -0.1) is 12.4 Å². The second kappa shape index (κ2) is 9.21. The van der Waals surface area contributed by atoms with E-state index in [9.17, 15) is 14.4 Å². The molecule has 0 saturated carbocycles. The van der Waals surface area contributed by atoms with E-state index in [-0.39, 0.29) is 36.9 Å². The van der Waals surface area contributed by atoms with Crippen molar-refractivity contribution in [2.75, 3.05) is 13.2 Å². The summed E-state index contributed by atoms with van der Waals surface area (Å²) < 4.78 is 13.1. The molecule has 33 heavy (non-hydrogen) atoms. The van der Waals surface area contributed by atoms with E-state index < -0.39 is 12.6 Å². The van der Waals surface area contributed by atoms with E-state index in [4.69, 9.17) is 14.6 Å². The van der Waals surface area contributed by atoms with Crippen LogP contribution in [0.5, 0.6) is 5.75 Å². The summed E-state index contributed by atoms with van der Waals surface area (Å²) in [6.45, 7) is 0.779. The number of aliphatic carboxylic acids is 1. The topological polar surface area (TPSA) is 111 Å². The highest BCUT2D eigenvalue weighted by molar-refractivity contribution is 6.21. The lowest BCUT2D eigenvalue weighted by Crippen LogP contribution is -2.31. The Morgan fingerprint density at radius 1 is 1.15 bits per heavy atom. The predicted octanol–water partition coefficient (Wildman–Crippen LogP) is 2.90. The van der Waals surface area contributed by atoms with Crippen LogP contribution in [0.25, 0.3) is 11.0 Å². The van der Waals surface area contributed by atoms with Gasteiger partial charge in [0.15, 0.2) is 6.61 Å². The van der Waals surface area contributed by atoms with Crippen molar-refractivity contribution in [1.29, 1.82) is 0 Å². The van der Waals surface area contributed by atoms with Crippen LogP contribution in [0.4, 0.5) is 0 Å². The maximum Gasteiger partial charge on any atom is 0.341 e. The number of amides is 2. The van der Waals surface area contributed by atoms with Gasteiger partial charge in [0.1, 0.15) is 11.6 Å². The Hall–Kier alpha value is -3.43. The average molecular weight is 472 g/mol. The van der Waals surface area contributed by atoms with Gasteiger partial charge in [0.25, 0.3) is 11.8 Å². The number of imide groups is 1. The van der Waals surface area contributed by atoms with Gasteiger partial charge in [0.2, 0.25) is 0 Å². The number of halogens is 1. The molecule has 2 aliphatic rings. The number of carbonyl (C=O) groups is 3. The van der Waals surface area contributed by atoms with E-state index >= 15 is 0 Å². The number of hydrogen-bond donors (Lipinski definition) is 1. The Labute approximate surface area is 195 Å². The summed E-state index contributed by atoms with van der Waals surface area (Å²) >= 11 is 0. The van der Waals surface area contributed by atoms with Crippen LogP contribution in [0, 0.1) is 0 Å². The molecule has 0 unspecified atom stereocenters. The number of carbonyl (C=O) groups excluding carboxylic acids is 2. The van der Waals surface area contributed by atoms with Crippen molar-refractivity contribution in [2.24, 2.45) is 0 Å². The van der Waals surface area contributed by atoms with Crippen LogP contribution in [0.2, 0.25) is 0 Å². The highest BCUT2D eigenvalue weighted by Crippen LogP contribution is 2.28. The maximum absolute atomic E-state index is 12.9. The molecule has 1 fully saturated rings. The zero-order valence-corrected chi connectivity index (χ0v) is 18.4. The van der Waals surface area contributed by atoms with Crippen molar-refractivity contribution < 1.29 is 29.0 Å². The van der Waals surface area contributed by atoms with E-state index in [1.165, 1.54) is 4.90 Å². The summed E-state index contributed by atoms with van der Waals surface area (Å²) in [5.41, 5.74) is 2.18. The molecule has 3 aromatic rings. The third-order valence-electron chi connectivity index (χ3n) is 5.75. The Balaban J connectivity index is 0.00000259. The fraction of sp³-hybridized carbons (Fsp3) is 0.304. The molecule has 1 aromatic heterocycles. The van der Waals surface area contributed by atoms with E-state index in [0.29, 0.717) is 41.4 Å². The van der Waals surface area contributed by atoms with Crippen LogP contribution < -0.4 is 4.74 Å². The second-order valence-electron chi connectivity index (χ2n) is 7.85. The monoisotopic (exact) mass is 471 g/mol. The Morgan fingerprint density at radius 3 is 2.52 bits per heavy atom. The van der Waals surface area contributed by atoms with Gasteiger partial charge >= 0.3 is 5.97 Å². The molecule has 0 spiro atoms. The Morgan fingerprint density at radius 2 is 1.88 bits per heavy atom. The average Bonchev–Trinajstić information content (AvgIpc) is 3.48. The zero-order valence-electron chi connectivity index (χ0n) is 17.6. The summed E-state index contributed by atoms with van der Waals surface area (Å²) in [6, 6.07) is 11.9. The van der Waals surface area contributed by atoms with E-state index in [0.717, 1.165) is 18.4 Å². The normalized spacial score (nSPS) is 17.3. The summed E-state index contributed by atoms with van der Waals surface area (Å²) in [7, 11) is 0. The third kappa shape index (κ3) is 4.29. The minimum absolute atomic E-state index is 0. The molecule has 0 aliphatic carbocycles.